The molecule has 1 amide bonds. The lowest BCUT2D eigenvalue weighted by Crippen LogP contribution is -2.23. The second-order valence-electron chi connectivity index (χ2n) is 5.33. The smallest absolute Gasteiger partial charge is 0.224 e. The van der Waals surface area contributed by atoms with Gasteiger partial charge in [-0.3, -0.25) is 4.79 Å². The van der Waals surface area contributed by atoms with Crippen molar-refractivity contribution >= 4 is 11.6 Å². The lowest BCUT2D eigenvalue weighted by Gasteiger charge is -2.17. The fraction of sp³-hybridized carbons (Fsp3) is 0.533. The summed E-state index contributed by atoms with van der Waals surface area (Å²) in [5.74, 6) is 0.383. The Morgan fingerprint density at radius 2 is 2.15 bits per heavy atom. The second kappa shape index (κ2) is 7.85. The Bertz CT molecular complexity index is 449. The molecule has 4 nitrogen and oxygen atoms in total. The van der Waals surface area contributed by atoms with Crippen molar-refractivity contribution in [1.29, 1.82) is 0 Å². The quantitative estimate of drug-likeness (QED) is 0.808. The molecule has 0 saturated heterocycles. The van der Waals surface area contributed by atoms with Crippen LogP contribution in [0.15, 0.2) is 18.2 Å². The first kappa shape index (κ1) is 16.4. The zero-order chi connectivity index (χ0) is 15.1. The number of anilines is 1. The number of hydrogen-bond donors (Lipinski definition) is 2. The van der Waals surface area contributed by atoms with Crippen LogP contribution in [0.4, 0.5) is 10.1 Å². The van der Waals surface area contributed by atoms with Crippen LogP contribution in [0.1, 0.15) is 26.7 Å². The number of rotatable bonds is 7. The summed E-state index contributed by atoms with van der Waals surface area (Å²) < 4.78 is 18.6. The molecule has 0 radical (unpaired) electrons. The Kier molecular flexibility index (Phi) is 6.45. The number of halogens is 1. The average Bonchev–Trinajstić information content (AvgIpc) is 2.40. The van der Waals surface area contributed by atoms with Crippen molar-refractivity contribution in [2.75, 3.05) is 19.0 Å². The molecule has 0 aromatic heterocycles. The molecule has 0 fully saturated rings. The molecule has 3 N–H and O–H groups in total. The number of carbonyl (C=O) groups is 1. The van der Waals surface area contributed by atoms with Crippen LogP contribution in [0.2, 0.25) is 0 Å². The highest BCUT2D eigenvalue weighted by Gasteiger charge is 2.15. The highest BCUT2D eigenvalue weighted by Crippen LogP contribution is 2.22. The fourth-order valence-corrected chi connectivity index (χ4v) is 2.12. The summed E-state index contributed by atoms with van der Waals surface area (Å²) in [4.78, 5) is 11.9. The molecule has 1 unspecified atom stereocenters. The number of amides is 1. The average molecular weight is 282 g/mol. The Morgan fingerprint density at radius 3 is 2.70 bits per heavy atom. The van der Waals surface area contributed by atoms with Gasteiger partial charge in [0.25, 0.3) is 0 Å². The van der Waals surface area contributed by atoms with Gasteiger partial charge in [-0.25, -0.2) is 4.39 Å². The molecule has 0 heterocycles. The van der Waals surface area contributed by atoms with Gasteiger partial charge in [-0.15, -0.1) is 0 Å². The first-order valence-corrected chi connectivity index (χ1v) is 6.79. The second-order valence-corrected chi connectivity index (χ2v) is 5.33. The maximum atomic E-state index is 13.6. The van der Waals surface area contributed by atoms with Gasteiger partial charge in [0.2, 0.25) is 5.91 Å². The van der Waals surface area contributed by atoms with Gasteiger partial charge in [0, 0.05) is 12.5 Å². The standard InChI is InChI=1S/C15H23FN2O2/c1-10(2)6-11(9-17)7-15(19)18-14-8-12(20-3)4-5-13(14)16/h4-5,8,10-11H,6-7,9,17H2,1-3H3,(H,18,19). The minimum Gasteiger partial charge on any atom is -0.497 e. The van der Waals surface area contributed by atoms with E-state index in [1.54, 1.807) is 0 Å². The maximum absolute atomic E-state index is 13.6. The van der Waals surface area contributed by atoms with Crippen LogP contribution in [-0.4, -0.2) is 19.6 Å². The van der Waals surface area contributed by atoms with Gasteiger partial charge < -0.3 is 15.8 Å². The molecule has 0 bridgehead atoms. The largest absolute Gasteiger partial charge is 0.497 e. The Labute approximate surface area is 119 Å². The van der Waals surface area contributed by atoms with Gasteiger partial charge in [-0.2, -0.15) is 0 Å². The van der Waals surface area contributed by atoms with Crippen molar-refractivity contribution in [3.8, 4) is 5.75 Å². The van der Waals surface area contributed by atoms with Gasteiger partial charge in [-0.1, -0.05) is 13.8 Å². The molecular weight excluding hydrogens is 259 g/mol. The number of benzene rings is 1. The molecule has 1 atom stereocenters. The summed E-state index contributed by atoms with van der Waals surface area (Å²) in [5, 5.41) is 2.57. The zero-order valence-electron chi connectivity index (χ0n) is 12.3. The van der Waals surface area contributed by atoms with Crippen LogP contribution in [0.5, 0.6) is 5.75 Å². The Balaban J connectivity index is 2.65. The molecule has 1 aromatic carbocycles. The van der Waals surface area contributed by atoms with Crippen LogP contribution < -0.4 is 15.8 Å². The number of carbonyl (C=O) groups excluding carboxylic acids is 1. The van der Waals surface area contributed by atoms with E-state index in [1.165, 1.54) is 25.3 Å². The van der Waals surface area contributed by atoms with Gasteiger partial charge in [0.15, 0.2) is 0 Å². The monoisotopic (exact) mass is 282 g/mol. The van der Waals surface area contributed by atoms with Crippen LogP contribution in [0.3, 0.4) is 0 Å². The van der Waals surface area contributed by atoms with E-state index in [1.807, 2.05) is 0 Å². The molecular formula is C15H23FN2O2. The minimum atomic E-state index is -0.479. The number of hydrogen-bond acceptors (Lipinski definition) is 3. The molecule has 1 aromatic rings. The van der Waals surface area contributed by atoms with Crippen LogP contribution in [-0.2, 0) is 4.79 Å². The summed E-state index contributed by atoms with van der Waals surface area (Å²) in [5.41, 5.74) is 5.80. The van der Waals surface area contributed by atoms with Crippen molar-refractivity contribution in [2.24, 2.45) is 17.6 Å². The molecule has 112 valence electrons. The van der Waals surface area contributed by atoms with Crippen molar-refractivity contribution < 1.29 is 13.9 Å². The first-order valence-electron chi connectivity index (χ1n) is 6.79. The van der Waals surface area contributed by atoms with E-state index < -0.39 is 5.82 Å². The molecule has 0 saturated carbocycles. The Morgan fingerprint density at radius 1 is 1.45 bits per heavy atom. The van der Waals surface area contributed by atoms with E-state index in [0.29, 0.717) is 24.6 Å². The number of nitrogens with one attached hydrogen (secondary N) is 1. The zero-order valence-corrected chi connectivity index (χ0v) is 12.3. The third-order valence-electron chi connectivity index (χ3n) is 3.06. The highest BCUT2D eigenvalue weighted by molar-refractivity contribution is 5.91. The van der Waals surface area contributed by atoms with Crippen molar-refractivity contribution in [3.05, 3.63) is 24.0 Å². The summed E-state index contributed by atoms with van der Waals surface area (Å²) >= 11 is 0. The summed E-state index contributed by atoms with van der Waals surface area (Å²) in [6.07, 6.45) is 1.18. The van der Waals surface area contributed by atoms with Gasteiger partial charge in [0.05, 0.1) is 12.8 Å². The van der Waals surface area contributed by atoms with Gasteiger partial charge in [0.1, 0.15) is 11.6 Å². The van der Waals surface area contributed by atoms with Gasteiger partial charge in [-0.05, 0) is 36.9 Å². The number of methoxy groups -OCH3 is 1. The predicted octanol–water partition coefficient (Wildman–Crippen LogP) is 2.78. The molecule has 0 aliphatic carbocycles. The maximum Gasteiger partial charge on any atom is 0.224 e. The van der Waals surface area contributed by atoms with Crippen molar-refractivity contribution in [1.82, 2.24) is 0 Å². The first-order chi connectivity index (χ1) is 9.46. The highest BCUT2D eigenvalue weighted by atomic mass is 19.1. The summed E-state index contributed by atoms with van der Waals surface area (Å²) in [6, 6.07) is 4.24. The van der Waals surface area contributed by atoms with Crippen LogP contribution in [0.25, 0.3) is 0 Å². The summed E-state index contributed by atoms with van der Waals surface area (Å²) in [7, 11) is 1.49. The fourth-order valence-electron chi connectivity index (χ4n) is 2.12. The van der Waals surface area contributed by atoms with E-state index >= 15 is 0 Å². The molecule has 0 aliphatic rings. The topological polar surface area (TPSA) is 64.3 Å². The van der Waals surface area contributed by atoms with Crippen LogP contribution in [0, 0.1) is 17.7 Å². The number of nitrogens with two attached hydrogens (primary N) is 1. The lowest BCUT2D eigenvalue weighted by molar-refractivity contribution is -0.117. The van der Waals surface area contributed by atoms with Gasteiger partial charge >= 0.3 is 0 Å². The number of ether oxygens (including phenoxy) is 1. The molecule has 5 heteroatoms. The predicted molar refractivity (Wildman–Crippen MR) is 78.2 cm³/mol. The van der Waals surface area contributed by atoms with E-state index in [4.69, 9.17) is 10.5 Å². The van der Waals surface area contributed by atoms with E-state index in [9.17, 15) is 9.18 Å². The van der Waals surface area contributed by atoms with Crippen molar-refractivity contribution in [2.45, 2.75) is 26.7 Å². The molecule has 1 rings (SSSR count). The third-order valence-corrected chi connectivity index (χ3v) is 3.06. The summed E-state index contributed by atoms with van der Waals surface area (Å²) in [6.45, 7) is 4.62. The van der Waals surface area contributed by atoms with Crippen LogP contribution >= 0.6 is 0 Å². The van der Waals surface area contributed by atoms with Crippen molar-refractivity contribution in [3.63, 3.8) is 0 Å². The normalized spacial score (nSPS) is 12.3. The molecule has 20 heavy (non-hydrogen) atoms. The molecule has 0 spiro atoms. The van der Waals surface area contributed by atoms with E-state index in [-0.39, 0.29) is 17.5 Å². The minimum absolute atomic E-state index is 0.115. The van der Waals surface area contributed by atoms with E-state index in [2.05, 4.69) is 19.2 Å². The third kappa shape index (κ3) is 5.17. The van der Waals surface area contributed by atoms with E-state index in [0.717, 1.165) is 6.42 Å². The SMILES string of the molecule is COc1ccc(F)c(NC(=O)CC(CN)CC(C)C)c1. The lowest BCUT2D eigenvalue weighted by atomic mass is 9.94. The molecule has 0 aliphatic heterocycles. The Hall–Kier alpha value is -1.62.